The second-order valence-corrected chi connectivity index (χ2v) is 32.4. The topological polar surface area (TPSA) is 795 Å². The van der Waals surface area contributed by atoms with Gasteiger partial charge in [0.05, 0.1) is 52.5 Å². The summed E-state index contributed by atoms with van der Waals surface area (Å²) in [6, 6.07) is -15.5. The van der Waals surface area contributed by atoms with Gasteiger partial charge in [-0.3, -0.25) is 105 Å². The number of rotatable bonds is 54. The van der Waals surface area contributed by atoms with Crippen molar-refractivity contribution in [2.45, 2.75) is 235 Å². The number of benzene rings is 2. The Morgan fingerprint density at radius 1 is 0.368 bits per heavy atom. The number of amides is 19. The smallest absolute Gasteiger partial charge is 0.325 e. The zero-order valence-electron chi connectivity index (χ0n) is 74.7. The van der Waals surface area contributed by atoms with Gasteiger partial charge in [-0.1, -0.05) is 70.2 Å². The normalized spacial score (nSPS) is 17.0. The summed E-state index contributed by atoms with van der Waals surface area (Å²) in [6.07, 6.45) is -3.53. The third kappa shape index (κ3) is 36.5. The molecule has 0 unspecified atom stereocenters. The van der Waals surface area contributed by atoms with Crippen LogP contribution in [0.1, 0.15) is 125 Å². The maximum atomic E-state index is 14.5. The highest BCUT2D eigenvalue weighted by molar-refractivity contribution is 6.02. The average Bonchev–Trinajstić information content (AvgIpc) is 1.71. The molecule has 4 rings (SSSR count). The van der Waals surface area contributed by atoms with Crippen LogP contribution >= 0.6 is 0 Å². The van der Waals surface area contributed by atoms with Crippen molar-refractivity contribution in [3.8, 4) is 5.75 Å². The van der Waals surface area contributed by atoms with Crippen LogP contribution in [0.4, 0.5) is 0 Å². The Labute approximate surface area is 762 Å². The molecule has 0 aromatic heterocycles. The largest absolute Gasteiger partial charge is 0.508 e. The van der Waals surface area contributed by atoms with Crippen molar-refractivity contribution in [2.75, 3.05) is 59.2 Å². The van der Waals surface area contributed by atoms with Crippen molar-refractivity contribution in [2.24, 2.45) is 17.6 Å². The Kier molecular flexibility index (Phi) is 46.1. The van der Waals surface area contributed by atoms with Crippen LogP contribution < -0.4 is 96.1 Å². The summed E-state index contributed by atoms with van der Waals surface area (Å²) in [4.78, 5) is 296. The number of nitrogens with one attached hydrogen (secondary N) is 17. The number of likely N-dealkylation sites (tertiary alicyclic amines) is 2. The highest BCUT2D eigenvalue weighted by atomic mass is 16.4. The highest BCUT2D eigenvalue weighted by Crippen LogP contribution is 2.22. The van der Waals surface area contributed by atoms with Crippen molar-refractivity contribution in [3.05, 3.63) is 65.7 Å². The summed E-state index contributed by atoms with van der Waals surface area (Å²) < 4.78 is 0. The fourth-order valence-corrected chi connectivity index (χ4v) is 13.4. The molecular formula is C82H122N20O31. The maximum Gasteiger partial charge on any atom is 0.325 e. The molecule has 2 aliphatic rings. The third-order valence-electron chi connectivity index (χ3n) is 20.9. The van der Waals surface area contributed by atoms with Gasteiger partial charge in [-0.05, 0) is 108 Å². The molecule has 28 N–H and O–H groups in total. The molecule has 19 amide bonds. The number of phenolic OH excluding ortho intramolecular Hbond substituents is 1. The molecular weight excluding hydrogens is 1760 g/mol. The number of carboxylic acids is 3. The molecule has 51 nitrogen and oxygen atoms in total. The van der Waals surface area contributed by atoms with E-state index in [-0.39, 0.29) is 62.9 Å². The number of aliphatic hydroxyl groups is 5. The minimum Gasteiger partial charge on any atom is -0.508 e. The van der Waals surface area contributed by atoms with Crippen molar-refractivity contribution in [1.82, 2.24) is 100 Å². The first kappa shape index (κ1) is 112. The molecule has 2 aliphatic heterocycles. The van der Waals surface area contributed by atoms with Gasteiger partial charge in [-0.2, -0.15) is 0 Å². The molecule has 736 valence electrons. The summed E-state index contributed by atoms with van der Waals surface area (Å²) in [7, 11) is 0. The van der Waals surface area contributed by atoms with Crippen LogP contribution in [0, 0.1) is 11.8 Å². The van der Waals surface area contributed by atoms with E-state index in [0.29, 0.717) is 5.56 Å². The molecule has 133 heavy (non-hydrogen) atoms. The minimum atomic E-state index is -2.19. The van der Waals surface area contributed by atoms with Gasteiger partial charge in [0, 0.05) is 32.4 Å². The zero-order chi connectivity index (χ0) is 100.0. The van der Waals surface area contributed by atoms with Crippen LogP contribution in [-0.4, -0.2) is 354 Å². The molecule has 0 aliphatic carbocycles. The number of hydrogen-bond donors (Lipinski definition) is 27. The number of carbonyl (C=O) groups excluding carboxylic acids is 19. The molecule has 51 heteroatoms. The Balaban J connectivity index is 1.42. The molecule has 0 bridgehead atoms. The van der Waals surface area contributed by atoms with E-state index in [4.69, 9.17) is 10.8 Å². The van der Waals surface area contributed by atoms with Crippen molar-refractivity contribution < 1.29 is 151 Å². The number of carbonyl (C=O) groups is 22. The number of aliphatic hydroxyl groups excluding tert-OH is 5. The highest BCUT2D eigenvalue weighted by Gasteiger charge is 2.43. The van der Waals surface area contributed by atoms with E-state index < -0.39 is 323 Å². The second kappa shape index (κ2) is 54.9. The van der Waals surface area contributed by atoms with Crippen LogP contribution in [0.2, 0.25) is 0 Å². The van der Waals surface area contributed by atoms with E-state index in [1.165, 1.54) is 52.0 Å². The fraction of sp³-hybridized carbons (Fsp3) is 0.585. The molecule has 2 fully saturated rings. The number of hydrogen-bond acceptors (Lipinski definition) is 29. The van der Waals surface area contributed by atoms with Gasteiger partial charge in [-0.25, -0.2) is 0 Å². The first-order valence-corrected chi connectivity index (χ1v) is 42.6. The summed E-state index contributed by atoms with van der Waals surface area (Å²) in [6.45, 7) is 5.69. The zero-order valence-corrected chi connectivity index (χ0v) is 74.7. The van der Waals surface area contributed by atoms with Gasteiger partial charge in [0.1, 0.15) is 115 Å². The first-order valence-electron chi connectivity index (χ1n) is 42.6. The van der Waals surface area contributed by atoms with Crippen LogP contribution in [0.5, 0.6) is 5.75 Å². The summed E-state index contributed by atoms with van der Waals surface area (Å²) in [5.41, 5.74) is 6.12. The van der Waals surface area contributed by atoms with E-state index in [0.717, 1.165) is 16.7 Å². The van der Waals surface area contributed by atoms with E-state index in [1.54, 1.807) is 58.0 Å². The quantitative estimate of drug-likeness (QED) is 0.0292. The van der Waals surface area contributed by atoms with Gasteiger partial charge in [0.25, 0.3) is 0 Å². The minimum absolute atomic E-state index is 0.0172. The van der Waals surface area contributed by atoms with E-state index in [1.807, 2.05) is 0 Å². The SMILES string of the molecule is CC(C)C[C@H](NC(=O)[C@H](CCC(=O)O)NC(=O)[C@H](CC(=O)O)NC(=O)[C@H](Cc1ccc(O)cc1)NC(=O)[C@H](CO)NC(=O)[C@@H]1CCCN1C(=O)[C@H](C)NC(=O)[C@H](CO)NC(=O)[C@@H]1CCCN1C(=O)[C@H](C)NC(=O)[C@H](C)NC(=O)[C@H](CO)NC(=O)CNC(=O)[C@@H](NC(=O)[C@H](C)NC(=O)[C@@H](N)CO)C(C)C)C(=O)N[C@@H](Cc1ccccc1)C(=O)NCC(=O)N[C@@H](CO)C(=O)N[C@@H](C)C(=O)O. The van der Waals surface area contributed by atoms with Gasteiger partial charge < -0.3 is 152 Å². The van der Waals surface area contributed by atoms with Gasteiger partial charge >= 0.3 is 17.9 Å². The number of nitrogens with zero attached hydrogens (tertiary/aromatic N) is 2. The number of nitrogens with two attached hydrogens (primary N) is 1. The lowest BCUT2D eigenvalue weighted by molar-refractivity contribution is -0.143. The number of carboxylic acid groups (broad SMARTS) is 3. The van der Waals surface area contributed by atoms with Gasteiger partial charge in [0.2, 0.25) is 112 Å². The van der Waals surface area contributed by atoms with Crippen molar-refractivity contribution in [3.63, 3.8) is 0 Å². The molecule has 2 aromatic carbocycles. The third-order valence-corrected chi connectivity index (χ3v) is 20.9. The van der Waals surface area contributed by atoms with Crippen LogP contribution in [0.15, 0.2) is 54.6 Å². The summed E-state index contributed by atoms with van der Waals surface area (Å²) >= 11 is 0. The first-order chi connectivity index (χ1) is 62.6. The summed E-state index contributed by atoms with van der Waals surface area (Å²) in [5, 5.41) is 128. The lowest BCUT2D eigenvalue weighted by Crippen LogP contribution is -2.61. The molecule has 18 atom stereocenters. The van der Waals surface area contributed by atoms with Crippen molar-refractivity contribution in [1.29, 1.82) is 0 Å². The standard InChI is InChI=1S/C82H122N20O31/c1-38(2)27-50(70(120)95-51(28-45-15-11-10-12-16-45)68(118)84-31-60(109)92-55(35-105)74(124)90-44(9)82(132)133)94-69(119)49(23-24-62(111)112)93-72(122)53(30-63(113)114)97-71(121)52(29-46-19-21-47(108)22-20-46)96-76(126)57(37-107)99-78(128)59-18-14-26-102(59)81(131)43(8)89-75(125)56(36-106)98-77(127)58-17-13-25-101(58)80(130)42(7)88-65(115)40(5)87-73(123)54(34-104)91-61(110)32-85-79(129)64(39(3)4)100-66(116)41(6)86-67(117)48(83)33-103/h10-12,15-16,19-22,38-44,48-59,64,103-108H,13-14,17-18,23-37,83H2,1-9H3,(H,84,118)(H,85,129)(H,86,117)(H,87,123)(H,88,115)(H,89,125)(H,90,124)(H,91,110)(H,92,109)(H,93,122)(H,94,119)(H,95,120)(H,96,126)(H,97,121)(H,98,127)(H,99,128)(H,100,116)(H,111,112)(H,113,114)(H,132,133)/t40-,41-,42-,43-,44-,48-,49-,50-,51-,52-,53-,54-,55-,56-,57-,58-,59-,64-/m0/s1. The number of phenols is 1. The Morgan fingerprint density at radius 2 is 0.737 bits per heavy atom. The Hall–Kier alpha value is -13.7. The monoisotopic (exact) mass is 1880 g/mol. The van der Waals surface area contributed by atoms with E-state index in [9.17, 15) is 146 Å². The van der Waals surface area contributed by atoms with Crippen LogP contribution in [0.25, 0.3) is 0 Å². The maximum absolute atomic E-state index is 14.5. The van der Waals surface area contributed by atoms with E-state index >= 15 is 0 Å². The molecule has 0 spiro atoms. The molecule has 0 radical (unpaired) electrons. The predicted octanol–water partition coefficient (Wildman–Crippen LogP) is -11.8. The van der Waals surface area contributed by atoms with Crippen LogP contribution in [-0.2, 0) is 118 Å². The van der Waals surface area contributed by atoms with Gasteiger partial charge in [-0.15, -0.1) is 0 Å². The number of aromatic hydroxyl groups is 1. The Bertz CT molecular complexity index is 4470. The molecule has 0 saturated carbocycles. The van der Waals surface area contributed by atoms with Crippen LogP contribution in [0.3, 0.4) is 0 Å². The van der Waals surface area contributed by atoms with E-state index in [2.05, 4.69) is 90.4 Å². The fourth-order valence-electron chi connectivity index (χ4n) is 13.4. The van der Waals surface area contributed by atoms with Gasteiger partial charge in [0.15, 0.2) is 0 Å². The van der Waals surface area contributed by atoms with Crippen molar-refractivity contribution >= 4 is 130 Å². The molecule has 2 saturated heterocycles. The molecule has 2 heterocycles. The lowest BCUT2D eigenvalue weighted by atomic mass is 10.00. The summed E-state index contributed by atoms with van der Waals surface area (Å²) in [5.74, 6) is -25.8. The number of aliphatic carboxylic acids is 3. The lowest BCUT2D eigenvalue weighted by Gasteiger charge is -2.30. The predicted molar refractivity (Wildman–Crippen MR) is 459 cm³/mol. The Morgan fingerprint density at radius 3 is 1.18 bits per heavy atom. The second-order valence-electron chi connectivity index (χ2n) is 32.4. The average molecular weight is 1880 g/mol. The molecule has 2 aromatic rings.